The predicted octanol–water partition coefficient (Wildman–Crippen LogP) is 3.64. The standard InChI is InChI=1S/C18H13FN4O3/c19-13-2-1-3-15(9-13)26-7-6-21-18-8-12(11-20)16-10-14(23(24)25)4-5-17(16)22-18/h1-5,8-10H,6-7H2,(H,21,22). The molecule has 1 heterocycles. The molecule has 3 aromatic rings. The third kappa shape index (κ3) is 3.84. The molecule has 0 radical (unpaired) electrons. The molecule has 0 spiro atoms. The molecule has 0 aliphatic heterocycles. The van der Waals surface area contributed by atoms with E-state index in [1.807, 2.05) is 6.07 Å². The fraction of sp³-hybridized carbons (Fsp3) is 0.111. The first-order chi connectivity index (χ1) is 12.6. The van der Waals surface area contributed by atoms with Gasteiger partial charge in [-0.2, -0.15) is 5.26 Å². The van der Waals surface area contributed by atoms with E-state index in [0.717, 1.165) is 0 Å². The number of hydrogen-bond donors (Lipinski definition) is 1. The third-order valence-electron chi connectivity index (χ3n) is 3.60. The quantitative estimate of drug-likeness (QED) is 0.413. The molecule has 0 saturated heterocycles. The summed E-state index contributed by atoms with van der Waals surface area (Å²) in [5.74, 6) is 0.494. The zero-order valence-corrected chi connectivity index (χ0v) is 13.5. The molecule has 0 fully saturated rings. The molecule has 26 heavy (non-hydrogen) atoms. The van der Waals surface area contributed by atoms with E-state index >= 15 is 0 Å². The summed E-state index contributed by atoms with van der Waals surface area (Å²) in [5, 5.41) is 23.6. The van der Waals surface area contributed by atoms with Crippen molar-refractivity contribution in [2.75, 3.05) is 18.5 Å². The third-order valence-corrected chi connectivity index (χ3v) is 3.60. The molecule has 0 amide bonds. The maximum atomic E-state index is 13.1. The highest BCUT2D eigenvalue weighted by Crippen LogP contribution is 2.24. The number of pyridine rings is 1. The largest absolute Gasteiger partial charge is 0.492 e. The van der Waals surface area contributed by atoms with Crippen LogP contribution in [-0.4, -0.2) is 23.1 Å². The molecule has 130 valence electrons. The van der Waals surface area contributed by atoms with Crippen LogP contribution in [0.25, 0.3) is 10.9 Å². The SMILES string of the molecule is N#Cc1cc(NCCOc2cccc(F)c2)nc2ccc([N+](=O)[O-])cc12. The summed E-state index contributed by atoms with van der Waals surface area (Å²) in [6.45, 7) is 0.651. The van der Waals surface area contributed by atoms with Gasteiger partial charge < -0.3 is 10.1 Å². The lowest BCUT2D eigenvalue weighted by Crippen LogP contribution is -2.12. The minimum Gasteiger partial charge on any atom is -0.492 e. The van der Waals surface area contributed by atoms with Gasteiger partial charge in [-0.15, -0.1) is 0 Å². The normalized spacial score (nSPS) is 10.3. The Kier molecular flexibility index (Phi) is 4.90. The second-order valence-corrected chi connectivity index (χ2v) is 5.36. The zero-order chi connectivity index (χ0) is 18.5. The van der Waals surface area contributed by atoms with Gasteiger partial charge in [0.2, 0.25) is 0 Å². The second-order valence-electron chi connectivity index (χ2n) is 5.36. The van der Waals surface area contributed by atoms with Crippen LogP contribution in [0.5, 0.6) is 5.75 Å². The van der Waals surface area contributed by atoms with Gasteiger partial charge in [0.1, 0.15) is 24.0 Å². The molecule has 2 aromatic carbocycles. The van der Waals surface area contributed by atoms with Crippen LogP contribution >= 0.6 is 0 Å². The van der Waals surface area contributed by atoms with Gasteiger partial charge in [0.25, 0.3) is 5.69 Å². The van der Waals surface area contributed by atoms with Crippen LogP contribution in [0, 0.1) is 27.3 Å². The minimum absolute atomic E-state index is 0.0972. The maximum absolute atomic E-state index is 13.1. The first-order valence-electron chi connectivity index (χ1n) is 7.68. The predicted molar refractivity (Wildman–Crippen MR) is 93.5 cm³/mol. The maximum Gasteiger partial charge on any atom is 0.270 e. The van der Waals surface area contributed by atoms with Crippen LogP contribution in [0.15, 0.2) is 48.5 Å². The van der Waals surface area contributed by atoms with Crippen molar-refractivity contribution in [3.63, 3.8) is 0 Å². The van der Waals surface area contributed by atoms with E-state index in [1.165, 1.54) is 36.4 Å². The van der Waals surface area contributed by atoms with Gasteiger partial charge in [0.15, 0.2) is 0 Å². The van der Waals surface area contributed by atoms with Gasteiger partial charge in [-0.1, -0.05) is 6.07 Å². The number of nitrogens with zero attached hydrogens (tertiary/aromatic N) is 3. The topological polar surface area (TPSA) is 101 Å². The average Bonchev–Trinajstić information content (AvgIpc) is 2.64. The number of hydrogen-bond acceptors (Lipinski definition) is 6. The molecule has 0 aliphatic rings. The summed E-state index contributed by atoms with van der Waals surface area (Å²) < 4.78 is 18.5. The summed E-state index contributed by atoms with van der Waals surface area (Å²) in [7, 11) is 0. The summed E-state index contributed by atoms with van der Waals surface area (Å²) in [6.07, 6.45) is 0. The molecule has 8 heteroatoms. The molecular weight excluding hydrogens is 339 g/mol. The number of benzene rings is 2. The molecular formula is C18H13FN4O3. The Hall–Kier alpha value is -3.73. The Bertz CT molecular complexity index is 1020. The first kappa shape index (κ1) is 17.1. The minimum atomic E-state index is -0.517. The van der Waals surface area contributed by atoms with Crippen molar-refractivity contribution in [3.05, 3.63) is 70.0 Å². The molecule has 0 aliphatic carbocycles. The van der Waals surface area contributed by atoms with Crippen molar-refractivity contribution < 1.29 is 14.1 Å². The Morgan fingerprint density at radius 1 is 1.27 bits per heavy atom. The number of nitro benzene ring substituents is 1. The summed E-state index contributed by atoms with van der Waals surface area (Å²) in [4.78, 5) is 14.7. The number of nitro groups is 1. The second kappa shape index (κ2) is 7.44. The number of fused-ring (bicyclic) bond motifs is 1. The van der Waals surface area contributed by atoms with E-state index in [1.54, 1.807) is 12.1 Å². The van der Waals surface area contributed by atoms with Crippen LogP contribution in [0.4, 0.5) is 15.9 Å². The van der Waals surface area contributed by atoms with Crippen molar-refractivity contribution in [1.29, 1.82) is 5.26 Å². The molecule has 1 N–H and O–H groups in total. The van der Waals surface area contributed by atoms with E-state index in [0.29, 0.717) is 29.0 Å². The fourth-order valence-electron chi connectivity index (χ4n) is 2.42. The average molecular weight is 352 g/mol. The number of ether oxygens (including phenoxy) is 1. The van der Waals surface area contributed by atoms with Crippen LogP contribution in [0.3, 0.4) is 0 Å². The Balaban J connectivity index is 1.71. The lowest BCUT2D eigenvalue weighted by atomic mass is 10.1. The van der Waals surface area contributed by atoms with E-state index < -0.39 is 4.92 Å². The highest BCUT2D eigenvalue weighted by atomic mass is 19.1. The van der Waals surface area contributed by atoms with Gasteiger partial charge in [0, 0.05) is 23.6 Å². The van der Waals surface area contributed by atoms with E-state index in [4.69, 9.17) is 4.74 Å². The smallest absolute Gasteiger partial charge is 0.270 e. The van der Waals surface area contributed by atoms with Crippen LogP contribution in [0.1, 0.15) is 5.56 Å². The zero-order valence-electron chi connectivity index (χ0n) is 13.5. The number of nitriles is 1. The molecule has 1 aromatic heterocycles. The van der Waals surface area contributed by atoms with Crippen molar-refractivity contribution in [3.8, 4) is 11.8 Å². The van der Waals surface area contributed by atoms with Crippen molar-refractivity contribution in [1.82, 2.24) is 4.98 Å². The number of rotatable bonds is 6. The highest BCUT2D eigenvalue weighted by molar-refractivity contribution is 5.88. The summed E-state index contributed by atoms with van der Waals surface area (Å²) >= 11 is 0. The molecule has 3 rings (SSSR count). The summed E-state index contributed by atoms with van der Waals surface area (Å²) in [6, 6.07) is 13.5. The number of nitrogens with one attached hydrogen (secondary N) is 1. The lowest BCUT2D eigenvalue weighted by Gasteiger charge is -2.09. The molecule has 7 nitrogen and oxygen atoms in total. The van der Waals surface area contributed by atoms with E-state index in [-0.39, 0.29) is 23.7 Å². The number of aromatic nitrogens is 1. The fourth-order valence-corrected chi connectivity index (χ4v) is 2.42. The van der Waals surface area contributed by atoms with E-state index in [9.17, 15) is 19.8 Å². The van der Waals surface area contributed by atoms with Gasteiger partial charge in [-0.3, -0.25) is 10.1 Å². The summed E-state index contributed by atoms with van der Waals surface area (Å²) in [5.41, 5.74) is 0.662. The van der Waals surface area contributed by atoms with Crippen LogP contribution in [-0.2, 0) is 0 Å². The highest BCUT2D eigenvalue weighted by Gasteiger charge is 2.11. The van der Waals surface area contributed by atoms with Crippen molar-refractivity contribution >= 4 is 22.4 Å². The van der Waals surface area contributed by atoms with E-state index in [2.05, 4.69) is 10.3 Å². The van der Waals surface area contributed by atoms with Gasteiger partial charge in [0.05, 0.1) is 28.6 Å². The molecule has 0 unspecified atom stereocenters. The van der Waals surface area contributed by atoms with Crippen LogP contribution in [0.2, 0.25) is 0 Å². The van der Waals surface area contributed by atoms with Gasteiger partial charge >= 0.3 is 0 Å². The van der Waals surface area contributed by atoms with Crippen molar-refractivity contribution in [2.24, 2.45) is 0 Å². The number of anilines is 1. The number of non-ortho nitro benzene ring substituents is 1. The van der Waals surface area contributed by atoms with Gasteiger partial charge in [-0.25, -0.2) is 9.37 Å². The van der Waals surface area contributed by atoms with Crippen molar-refractivity contribution in [2.45, 2.75) is 0 Å². The Labute approximate surface area is 147 Å². The van der Waals surface area contributed by atoms with Crippen LogP contribution < -0.4 is 10.1 Å². The Morgan fingerprint density at radius 2 is 2.12 bits per heavy atom. The number of halogens is 1. The lowest BCUT2D eigenvalue weighted by molar-refractivity contribution is -0.384. The molecule has 0 atom stereocenters. The monoisotopic (exact) mass is 352 g/mol. The first-order valence-corrected chi connectivity index (χ1v) is 7.68. The molecule has 0 bridgehead atoms. The van der Waals surface area contributed by atoms with Gasteiger partial charge in [-0.05, 0) is 24.3 Å². The molecule has 0 saturated carbocycles. The Morgan fingerprint density at radius 3 is 2.85 bits per heavy atom.